The van der Waals surface area contributed by atoms with E-state index in [2.05, 4.69) is 5.73 Å². The Labute approximate surface area is 74.0 Å². The quantitative estimate of drug-likeness (QED) is 0.263. The van der Waals surface area contributed by atoms with Gasteiger partial charge in [0.15, 0.2) is 6.10 Å². The van der Waals surface area contributed by atoms with Gasteiger partial charge in [0, 0.05) is 0 Å². The lowest BCUT2D eigenvalue weighted by molar-refractivity contribution is -0.146. The summed E-state index contributed by atoms with van der Waals surface area (Å²) in [6.45, 7) is -0.802. The Morgan fingerprint density at radius 3 is 1.92 bits per heavy atom. The number of aliphatic hydroxyl groups excluding tert-OH is 5. The minimum Gasteiger partial charge on any atom is -0.394 e. The first-order chi connectivity index (χ1) is 5.91. The first-order valence-electron chi connectivity index (χ1n) is 3.54. The van der Waals surface area contributed by atoms with E-state index in [1.807, 2.05) is 0 Å². The Morgan fingerprint density at radius 1 is 1.15 bits per heavy atom. The van der Waals surface area contributed by atoms with Crippen LogP contribution >= 0.6 is 0 Å². The molecule has 0 aromatic rings. The summed E-state index contributed by atoms with van der Waals surface area (Å²) in [6, 6.07) is 0. The molecule has 13 heavy (non-hydrogen) atoms. The topological polar surface area (TPSA) is 144 Å². The molecule has 0 spiro atoms. The van der Waals surface area contributed by atoms with Gasteiger partial charge in [-0.1, -0.05) is 0 Å². The molecule has 0 heterocycles. The van der Waals surface area contributed by atoms with Crippen molar-refractivity contribution in [2.24, 2.45) is 5.73 Å². The molecule has 7 N–H and O–H groups in total. The fraction of sp³-hybridized carbons (Fsp3) is 0.833. The van der Waals surface area contributed by atoms with Crippen LogP contribution in [-0.2, 0) is 4.79 Å². The van der Waals surface area contributed by atoms with Crippen molar-refractivity contribution < 1.29 is 30.3 Å². The third-order valence-electron chi connectivity index (χ3n) is 1.55. The number of amides is 1. The molecule has 0 aromatic heterocycles. The minimum absolute atomic E-state index is 0.802. The van der Waals surface area contributed by atoms with Gasteiger partial charge in [0.05, 0.1) is 6.61 Å². The average Bonchev–Trinajstić information content (AvgIpc) is 2.12. The van der Waals surface area contributed by atoms with Crippen molar-refractivity contribution in [3.8, 4) is 0 Å². The predicted octanol–water partition coefficient (Wildman–Crippen LogP) is -4.09. The summed E-state index contributed by atoms with van der Waals surface area (Å²) in [7, 11) is 0. The number of aliphatic hydroxyl groups is 5. The van der Waals surface area contributed by atoms with Crippen LogP contribution in [0.4, 0.5) is 0 Å². The lowest BCUT2D eigenvalue weighted by Gasteiger charge is -2.23. The first kappa shape index (κ1) is 12.3. The molecule has 0 aliphatic heterocycles. The van der Waals surface area contributed by atoms with E-state index in [0.717, 1.165) is 0 Å². The van der Waals surface area contributed by atoms with Gasteiger partial charge in [0.25, 0.3) is 0 Å². The van der Waals surface area contributed by atoms with Gasteiger partial charge in [-0.15, -0.1) is 0 Å². The zero-order valence-electron chi connectivity index (χ0n) is 6.74. The van der Waals surface area contributed by atoms with Crippen LogP contribution in [0.5, 0.6) is 0 Å². The number of primary amides is 1. The number of carbonyl (C=O) groups excluding carboxylic acids is 1. The molecule has 0 rings (SSSR count). The van der Waals surface area contributed by atoms with Crippen LogP contribution in [0, 0.1) is 0 Å². The summed E-state index contributed by atoms with van der Waals surface area (Å²) in [5.74, 6) is -1.23. The Morgan fingerprint density at radius 2 is 1.62 bits per heavy atom. The summed E-state index contributed by atoms with van der Waals surface area (Å²) in [4.78, 5) is 10.3. The van der Waals surface area contributed by atoms with Gasteiger partial charge in [-0.3, -0.25) is 4.79 Å². The van der Waals surface area contributed by atoms with Crippen molar-refractivity contribution in [1.82, 2.24) is 0 Å². The van der Waals surface area contributed by atoms with E-state index < -0.39 is 36.9 Å². The van der Waals surface area contributed by atoms with Gasteiger partial charge in [-0.05, 0) is 0 Å². The SMILES string of the molecule is NC(=O)C(O)[C@@H](O)[C@@H](O)[C@H](O)CO. The van der Waals surface area contributed by atoms with Crippen LogP contribution in [0.2, 0.25) is 0 Å². The molecule has 1 amide bonds. The lowest BCUT2D eigenvalue weighted by Crippen LogP contribution is -2.50. The molecule has 0 saturated carbocycles. The van der Waals surface area contributed by atoms with E-state index in [9.17, 15) is 4.79 Å². The Balaban J connectivity index is 4.24. The maximum Gasteiger partial charge on any atom is 0.249 e. The second-order valence-corrected chi connectivity index (χ2v) is 2.58. The molecule has 78 valence electrons. The van der Waals surface area contributed by atoms with Crippen molar-refractivity contribution in [3.63, 3.8) is 0 Å². The number of carbonyl (C=O) groups is 1. The molecule has 7 nitrogen and oxygen atoms in total. The molecule has 0 aliphatic rings. The number of hydrogen-bond acceptors (Lipinski definition) is 6. The van der Waals surface area contributed by atoms with Crippen LogP contribution in [-0.4, -0.2) is 62.5 Å². The second-order valence-electron chi connectivity index (χ2n) is 2.58. The second kappa shape index (κ2) is 5.10. The number of rotatable bonds is 5. The van der Waals surface area contributed by atoms with Gasteiger partial charge in [0.1, 0.15) is 18.3 Å². The Hall–Kier alpha value is -0.730. The highest BCUT2D eigenvalue weighted by Crippen LogP contribution is 2.04. The van der Waals surface area contributed by atoms with E-state index in [1.54, 1.807) is 0 Å². The standard InChI is InChI=1S/C6H13NO6/c7-6(13)5(12)4(11)3(10)2(9)1-8/h2-5,8-12H,1H2,(H2,7,13)/t2-,3+,4+,5?/m1/s1. The van der Waals surface area contributed by atoms with Gasteiger partial charge >= 0.3 is 0 Å². The molecular weight excluding hydrogens is 182 g/mol. The summed E-state index contributed by atoms with van der Waals surface area (Å²) in [5, 5.41) is 44.0. The van der Waals surface area contributed by atoms with E-state index in [-0.39, 0.29) is 0 Å². The molecule has 0 radical (unpaired) electrons. The van der Waals surface area contributed by atoms with Crippen LogP contribution in [0.25, 0.3) is 0 Å². The minimum atomic E-state index is -1.98. The summed E-state index contributed by atoms with van der Waals surface area (Å²) in [6.07, 6.45) is -7.35. The molecule has 0 aromatic carbocycles. The zero-order chi connectivity index (χ0) is 10.6. The van der Waals surface area contributed by atoms with Gasteiger partial charge in [0.2, 0.25) is 5.91 Å². The number of hydrogen-bond donors (Lipinski definition) is 6. The average molecular weight is 195 g/mol. The highest BCUT2D eigenvalue weighted by molar-refractivity contribution is 5.79. The van der Waals surface area contributed by atoms with Crippen LogP contribution in [0.1, 0.15) is 0 Å². The fourth-order valence-electron chi connectivity index (χ4n) is 0.691. The molecule has 4 atom stereocenters. The van der Waals surface area contributed by atoms with Gasteiger partial charge in [-0.2, -0.15) is 0 Å². The highest BCUT2D eigenvalue weighted by Gasteiger charge is 2.32. The molecular formula is C6H13NO6. The molecule has 7 heteroatoms. The third-order valence-corrected chi connectivity index (χ3v) is 1.55. The Bertz CT molecular complexity index is 175. The molecule has 1 unspecified atom stereocenters. The molecule has 0 saturated heterocycles. The smallest absolute Gasteiger partial charge is 0.249 e. The van der Waals surface area contributed by atoms with Crippen molar-refractivity contribution in [3.05, 3.63) is 0 Å². The van der Waals surface area contributed by atoms with E-state index in [0.29, 0.717) is 0 Å². The monoisotopic (exact) mass is 195 g/mol. The van der Waals surface area contributed by atoms with Crippen LogP contribution < -0.4 is 5.73 Å². The molecule has 0 bridgehead atoms. The summed E-state index contributed by atoms with van der Waals surface area (Å²) >= 11 is 0. The predicted molar refractivity (Wildman–Crippen MR) is 40.3 cm³/mol. The fourth-order valence-corrected chi connectivity index (χ4v) is 0.691. The van der Waals surface area contributed by atoms with E-state index in [4.69, 9.17) is 25.5 Å². The zero-order valence-corrected chi connectivity index (χ0v) is 6.74. The highest BCUT2D eigenvalue weighted by atomic mass is 16.4. The van der Waals surface area contributed by atoms with Crippen molar-refractivity contribution in [2.45, 2.75) is 24.4 Å². The van der Waals surface area contributed by atoms with Gasteiger partial charge < -0.3 is 31.3 Å². The third kappa shape index (κ3) is 3.25. The van der Waals surface area contributed by atoms with Crippen molar-refractivity contribution in [2.75, 3.05) is 6.61 Å². The van der Waals surface area contributed by atoms with Crippen LogP contribution in [0.3, 0.4) is 0 Å². The van der Waals surface area contributed by atoms with Crippen molar-refractivity contribution in [1.29, 1.82) is 0 Å². The largest absolute Gasteiger partial charge is 0.394 e. The maximum atomic E-state index is 10.3. The number of nitrogens with two attached hydrogens (primary N) is 1. The Kier molecular flexibility index (Phi) is 4.81. The van der Waals surface area contributed by atoms with Crippen molar-refractivity contribution >= 4 is 5.91 Å². The maximum absolute atomic E-state index is 10.3. The van der Waals surface area contributed by atoms with Gasteiger partial charge in [-0.25, -0.2) is 0 Å². The molecule has 0 aliphatic carbocycles. The lowest BCUT2D eigenvalue weighted by atomic mass is 10.0. The summed E-state index contributed by atoms with van der Waals surface area (Å²) < 4.78 is 0. The van der Waals surface area contributed by atoms with E-state index >= 15 is 0 Å². The van der Waals surface area contributed by atoms with E-state index in [1.165, 1.54) is 0 Å². The van der Waals surface area contributed by atoms with Crippen LogP contribution in [0.15, 0.2) is 0 Å². The first-order valence-corrected chi connectivity index (χ1v) is 3.54. The summed E-state index contributed by atoms with van der Waals surface area (Å²) in [5.41, 5.74) is 4.61. The normalized spacial score (nSPS) is 20.4. The molecule has 0 fully saturated rings.